The number of guanidine groups is 1. The fourth-order valence-electron chi connectivity index (χ4n) is 3.88. The Kier molecular flexibility index (Phi) is 10.4. The molecule has 6 nitrogen and oxygen atoms in total. The highest BCUT2D eigenvalue weighted by Gasteiger charge is 2.20. The van der Waals surface area contributed by atoms with E-state index in [0.29, 0.717) is 0 Å². The molecule has 2 aliphatic heterocycles. The van der Waals surface area contributed by atoms with Crippen molar-refractivity contribution in [2.24, 2.45) is 4.99 Å². The first kappa shape index (κ1) is 24.1. The Labute approximate surface area is 191 Å². The van der Waals surface area contributed by atoms with Crippen LogP contribution in [-0.2, 0) is 0 Å². The standard InChI is InChI=1S/C21H34FN5O.HI/c1-2-23-21(24-10-3-11-25-12-8-20(28)9-13-25)27-16-14-26(15-17-27)19-6-4-18(22)5-7-19;/h4-7,20,28H,2-3,8-17H2,1H3,(H,23,24);1H. The van der Waals surface area contributed by atoms with Gasteiger partial charge in [-0.15, -0.1) is 24.0 Å². The summed E-state index contributed by atoms with van der Waals surface area (Å²) in [5.74, 6) is 0.806. The molecule has 1 aromatic rings. The summed E-state index contributed by atoms with van der Waals surface area (Å²) < 4.78 is 13.1. The highest BCUT2D eigenvalue weighted by molar-refractivity contribution is 14.0. The van der Waals surface area contributed by atoms with E-state index in [-0.39, 0.29) is 35.9 Å². The van der Waals surface area contributed by atoms with Crippen LogP contribution < -0.4 is 10.2 Å². The number of nitrogens with one attached hydrogen (secondary N) is 1. The van der Waals surface area contributed by atoms with Gasteiger partial charge in [-0.1, -0.05) is 0 Å². The molecule has 0 radical (unpaired) electrons. The van der Waals surface area contributed by atoms with E-state index in [2.05, 4.69) is 26.9 Å². The van der Waals surface area contributed by atoms with E-state index in [9.17, 15) is 9.50 Å². The molecule has 0 atom stereocenters. The summed E-state index contributed by atoms with van der Waals surface area (Å²) in [6, 6.07) is 6.75. The SMILES string of the molecule is CCNC(=NCCCN1CCC(O)CC1)N1CCN(c2ccc(F)cc2)CC1.I. The summed E-state index contributed by atoms with van der Waals surface area (Å²) in [5.41, 5.74) is 1.08. The van der Waals surface area contributed by atoms with Crippen molar-refractivity contribution in [2.75, 3.05) is 63.8 Å². The van der Waals surface area contributed by atoms with Crippen molar-refractivity contribution in [3.8, 4) is 0 Å². The van der Waals surface area contributed by atoms with Gasteiger partial charge in [-0.25, -0.2) is 4.39 Å². The predicted octanol–water partition coefficient (Wildman–Crippen LogP) is 2.38. The number of nitrogens with zero attached hydrogens (tertiary/aromatic N) is 4. The summed E-state index contributed by atoms with van der Waals surface area (Å²) in [7, 11) is 0. The third kappa shape index (κ3) is 7.57. The fraction of sp³-hybridized carbons (Fsp3) is 0.667. The van der Waals surface area contributed by atoms with Gasteiger partial charge in [0.1, 0.15) is 5.82 Å². The summed E-state index contributed by atoms with van der Waals surface area (Å²) in [6.45, 7) is 10.5. The van der Waals surface area contributed by atoms with E-state index in [0.717, 1.165) is 89.8 Å². The normalized spacial score (nSPS) is 19.2. The van der Waals surface area contributed by atoms with Crippen molar-refractivity contribution >= 4 is 35.6 Å². The van der Waals surface area contributed by atoms with Crippen molar-refractivity contribution in [1.82, 2.24) is 15.1 Å². The number of hydrogen-bond donors (Lipinski definition) is 2. The Morgan fingerprint density at radius 1 is 1.10 bits per heavy atom. The molecule has 0 spiro atoms. The molecule has 29 heavy (non-hydrogen) atoms. The molecule has 3 rings (SSSR count). The van der Waals surface area contributed by atoms with Gasteiger partial charge in [-0.05, 0) is 57.0 Å². The molecule has 2 aliphatic rings. The van der Waals surface area contributed by atoms with Gasteiger partial charge in [-0.3, -0.25) is 4.99 Å². The first-order valence-corrected chi connectivity index (χ1v) is 10.6. The second-order valence-corrected chi connectivity index (χ2v) is 7.61. The lowest BCUT2D eigenvalue weighted by Gasteiger charge is -2.37. The quantitative estimate of drug-likeness (QED) is 0.262. The molecule has 2 saturated heterocycles. The number of anilines is 1. The molecule has 2 heterocycles. The van der Waals surface area contributed by atoms with Gasteiger partial charge >= 0.3 is 0 Å². The molecule has 164 valence electrons. The van der Waals surface area contributed by atoms with Gasteiger partial charge in [-0.2, -0.15) is 0 Å². The first-order valence-electron chi connectivity index (χ1n) is 10.6. The third-order valence-corrected chi connectivity index (χ3v) is 5.56. The Morgan fingerprint density at radius 2 is 1.76 bits per heavy atom. The summed E-state index contributed by atoms with van der Waals surface area (Å²) >= 11 is 0. The van der Waals surface area contributed by atoms with Crippen molar-refractivity contribution in [2.45, 2.75) is 32.3 Å². The molecular weight excluding hydrogens is 484 g/mol. The summed E-state index contributed by atoms with van der Waals surface area (Å²) in [4.78, 5) is 11.9. The molecular formula is C21H35FIN5O. The van der Waals surface area contributed by atoms with E-state index in [4.69, 9.17) is 4.99 Å². The zero-order valence-corrected chi connectivity index (χ0v) is 19.7. The zero-order chi connectivity index (χ0) is 19.8. The zero-order valence-electron chi connectivity index (χ0n) is 17.4. The average molecular weight is 519 g/mol. The molecule has 0 aromatic heterocycles. The monoisotopic (exact) mass is 519 g/mol. The van der Waals surface area contributed by atoms with Crippen LogP contribution in [0.2, 0.25) is 0 Å². The first-order chi connectivity index (χ1) is 13.7. The molecule has 0 saturated carbocycles. The Bertz CT molecular complexity index is 614. The number of hydrogen-bond acceptors (Lipinski definition) is 4. The summed E-state index contributed by atoms with van der Waals surface area (Å²) in [5, 5.41) is 13.0. The van der Waals surface area contributed by atoms with Crippen LogP contribution >= 0.6 is 24.0 Å². The van der Waals surface area contributed by atoms with Crippen LogP contribution in [0, 0.1) is 5.82 Å². The molecule has 2 N–H and O–H groups in total. The number of piperidine rings is 1. The van der Waals surface area contributed by atoms with Gasteiger partial charge in [0.2, 0.25) is 0 Å². The Morgan fingerprint density at radius 3 is 2.38 bits per heavy atom. The highest BCUT2D eigenvalue weighted by Crippen LogP contribution is 2.17. The van der Waals surface area contributed by atoms with Gasteiger partial charge in [0.25, 0.3) is 0 Å². The van der Waals surface area contributed by atoms with E-state index in [1.807, 2.05) is 12.1 Å². The van der Waals surface area contributed by atoms with Crippen molar-refractivity contribution < 1.29 is 9.50 Å². The second kappa shape index (κ2) is 12.5. The Hall–Kier alpha value is -1.13. The number of benzene rings is 1. The minimum Gasteiger partial charge on any atom is -0.393 e. The maximum atomic E-state index is 13.1. The number of aliphatic imine (C=N–C) groups is 1. The number of rotatable bonds is 6. The lowest BCUT2D eigenvalue weighted by molar-refractivity contribution is 0.0824. The molecule has 0 bridgehead atoms. The lowest BCUT2D eigenvalue weighted by Crippen LogP contribution is -2.52. The van der Waals surface area contributed by atoms with E-state index in [1.165, 1.54) is 12.1 Å². The Balaban J connectivity index is 0.00000300. The molecule has 1 aromatic carbocycles. The average Bonchev–Trinajstić information content (AvgIpc) is 2.72. The van der Waals surface area contributed by atoms with Crippen molar-refractivity contribution in [3.63, 3.8) is 0 Å². The van der Waals surface area contributed by atoms with Crippen LogP contribution in [0.1, 0.15) is 26.2 Å². The topological polar surface area (TPSA) is 54.3 Å². The fourth-order valence-corrected chi connectivity index (χ4v) is 3.88. The highest BCUT2D eigenvalue weighted by atomic mass is 127. The van der Waals surface area contributed by atoms with Crippen LogP contribution in [0.3, 0.4) is 0 Å². The van der Waals surface area contributed by atoms with Gasteiger partial charge in [0.05, 0.1) is 6.10 Å². The molecule has 0 unspecified atom stereocenters. The molecule has 8 heteroatoms. The van der Waals surface area contributed by atoms with Crippen LogP contribution in [0.5, 0.6) is 0 Å². The largest absolute Gasteiger partial charge is 0.393 e. The third-order valence-electron chi connectivity index (χ3n) is 5.56. The molecule has 0 aliphatic carbocycles. The minimum atomic E-state index is -0.190. The van der Waals surface area contributed by atoms with Crippen LogP contribution in [0.25, 0.3) is 0 Å². The number of aliphatic hydroxyl groups excluding tert-OH is 1. The smallest absolute Gasteiger partial charge is 0.194 e. The number of halogens is 2. The summed E-state index contributed by atoms with van der Waals surface area (Å²) in [6.07, 6.45) is 2.72. The number of likely N-dealkylation sites (tertiary alicyclic amines) is 1. The second-order valence-electron chi connectivity index (χ2n) is 7.61. The maximum absolute atomic E-state index is 13.1. The van der Waals surface area contributed by atoms with Crippen LogP contribution in [0.4, 0.5) is 10.1 Å². The van der Waals surface area contributed by atoms with Crippen molar-refractivity contribution in [1.29, 1.82) is 0 Å². The number of aliphatic hydroxyl groups is 1. The van der Waals surface area contributed by atoms with Gasteiger partial charge in [0, 0.05) is 58.0 Å². The predicted molar refractivity (Wildman–Crippen MR) is 128 cm³/mol. The lowest BCUT2D eigenvalue weighted by atomic mass is 10.1. The van der Waals surface area contributed by atoms with E-state index >= 15 is 0 Å². The van der Waals surface area contributed by atoms with Gasteiger partial charge < -0.3 is 25.1 Å². The number of piperazine rings is 1. The van der Waals surface area contributed by atoms with Gasteiger partial charge in [0.15, 0.2) is 5.96 Å². The van der Waals surface area contributed by atoms with E-state index < -0.39 is 0 Å². The maximum Gasteiger partial charge on any atom is 0.194 e. The van der Waals surface area contributed by atoms with Crippen LogP contribution in [-0.4, -0.2) is 85.9 Å². The molecule has 2 fully saturated rings. The van der Waals surface area contributed by atoms with Crippen LogP contribution in [0.15, 0.2) is 29.3 Å². The minimum absolute atomic E-state index is 0. The van der Waals surface area contributed by atoms with E-state index in [1.54, 1.807) is 0 Å². The molecule has 0 amide bonds. The van der Waals surface area contributed by atoms with Crippen molar-refractivity contribution in [3.05, 3.63) is 30.1 Å².